The quantitative estimate of drug-likeness (QED) is 0.815. The van der Waals surface area contributed by atoms with Crippen LogP contribution in [0.25, 0.3) is 0 Å². The fourth-order valence-electron chi connectivity index (χ4n) is 1.88. The topological polar surface area (TPSA) is 32.3 Å². The highest BCUT2D eigenvalue weighted by Gasteiger charge is 2.18. The molecule has 0 aromatic heterocycles. The molecule has 0 spiro atoms. The summed E-state index contributed by atoms with van der Waals surface area (Å²) in [5, 5.41) is 13.7. The smallest absolute Gasteiger partial charge is 0.0564 e. The Bertz CT molecular complexity index is 387. The number of rotatable bonds is 6. The van der Waals surface area contributed by atoms with Crippen molar-refractivity contribution in [2.24, 2.45) is 0 Å². The van der Waals surface area contributed by atoms with Gasteiger partial charge < -0.3 is 10.4 Å². The maximum Gasteiger partial charge on any atom is 0.0564 e. The van der Waals surface area contributed by atoms with Gasteiger partial charge in [-0.1, -0.05) is 33.6 Å². The van der Waals surface area contributed by atoms with E-state index in [4.69, 9.17) is 11.6 Å². The number of aliphatic hydroxyl groups excluding tert-OH is 1. The number of aliphatic hydroxyl groups is 1. The van der Waals surface area contributed by atoms with E-state index in [9.17, 15) is 5.11 Å². The molecule has 0 aliphatic heterocycles. The first-order valence-electron chi connectivity index (χ1n) is 5.84. The van der Waals surface area contributed by atoms with Gasteiger partial charge in [0.2, 0.25) is 0 Å². The molecule has 1 rings (SSSR count). The summed E-state index contributed by atoms with van der Waals surface area (Å²) in [5.74, 6) is 0. The van der Waals surface area contributed by atoms with Crippen LogP contribution in [0.1, 0.15) is 25.5 Å². The second kappa shape index (κ2) is 7.75. The predicted octanol–water partition coefficient (Wildman–Crippen LogP) is 3.87. The van der Waals surface area contributed by atoms with Gasteiger partial charge in [-0.05, 0) is 37.8 Å². The molecule has 0 heterocycles. The lowest BCUT2D eigenvalue weighted by molar-refractivity contribution is 0.272. The van der Waals surface area contributed by atoms with Gasteiger partial charge in [-0.3, -0.25) is 0 Å². The Kier molecular flexibility index (Phi) is 7.03. The third-order valence-electron chi connectivity index (χ3n) is 2.98. The molecule has 0 bridgehead atoms. The molecule has 5 heteroatoms. The molecule has 3 atom stereocenters. The molecule has 0 aliphatic rings. The van der Waals surface area contributed by atoms with Crippen LogP contribution in [0.15, 0.2) is 22.7 Å². The van der Waals surface area contributed by atoms with Crippen LogP contribution in [0.2, 0.25) is 5.02 Å². The maximum atomic E-state index is 9.28. The number of nitrogens with one attached hydrogen (secondary N) is 1. The normalized spacial score (nSPS) is 16.3. The second-order valence-corrected chi connectivity index (χ2v) is 6.70. The van der Waals surface area contributed by atoms with Gasteiger partial charge in [0.25, 0.3) is 0 Å². The number of benzene rings is 1. The van der Waals surface area contributed by atoms with Gasteiger partial charge in [0, 0.05) is 26.8 Å². The van der Waals surface area contributed by atoms with E-state index in [1.807, 2.05) is 24.5 Å². The maximum absolute atomic E-state index is 9.28. The monoisotopic (exact) mass is 351 g/mol. The molecule has 1 aromatic carbocycles. The third kappa shape index (κ3) is 4.42. The molecule has 0 saturated heterocycles. The molecule has 0 amide bonds. The van der Waals surface area contributed by atoms with Crippen LogP contribution < -0.4 is 5.32 Å². The first-order chi connectivity index (χ1) is 8.49. The van der Waals surface area contributed by atoms with E-state index >= 15 is 0 Å². The fraction of sp³-hybridized carbons (Fsp3) is 0.538. The zero-order valence-electron chi connectivity index (χ0n) is 10.8. The Morgan fingerprint density at radius 1 is 1.44 bits per heavy atom. The number of thioether (sulfide) groups is 1. The largest absolute Gasteiger partial charge is 0.395 e. The fourth-order valence-corrected chi connectivity index (χ4v) is 3.35. The second-order valence-electron chi connectivity index (χ2n) is 4.30. The van der Waals surface area contributed by atoms with Crippen LogP contribution in [-0.2, 0) is 0 Å². The molecule has 2 nitrogen and oxygen atoms in total. The minimum atomic E-state index is 0.154. The number of halogens is 2. The molecular formula is C13H19BrClNOS. The Labute approximate surface area is 127 Å². The SMILES string of the molecule is CSC(CO)C(C)NC(C)c1ccc(Br)cc1Cl. The molecule has 3 unspecified atom stereocenters. The molecule has 0 radical (unpaired) electrons. The minimum absolute atomic E-state index is 0.154. The average Bonchev–Trinajstić information content (AvgIpc) is 2.30. The number of hydrogen-bond donors (Lipinski definition) is 2. The van der Waals surface area contributed by atoms with Gasteiger partial charge in [-0.25, -0.2) is 0 Å². The van der Waals surface area contributed by atoms with Crippen molar-refractivity contribution in [3.8, 4) is 0 Å². The summed E-state index contributed by atoms with van der Waals surface area (Å²) < 4.78 is 0.980. The Hall–Kier alpha value is 0.260. The predicted molar refractivity (Wildman–Crippen MR) is 84.6 cm³/mol. The average molecular weight is 353 g/mol. The summed E-state index contributed by atoms with van der Waals surface area (Å²) in [4.78, 5) is 0. The first-order valence-corrected chi connectivity index (χ1v) is 8.30. The molecule has 18 heavy (non-hydrogen) atoms. The highest BCUT2D eigenvalue weighted by Crippen LogP contribution is 2.27. The molecule has 2 N–H and O–H groups in total. The third-order valence-corrected chi connectivity index (χ3v) is 4.97. The Balaban J connectivity index is 2.72. The van der Waals surface area contributed by atoms with Crippen LogP contribution in [0.3, 0.4) is 0 Å². The summed E-state index contributed by atoms with van der Waals surface area (Å²) in [7, 11) is 0. The first kappa shape index (κ1) is 16.3. The van der Waals surface area contributed by atoms with Gasteiger partial charge in [0.05, 0.1) is 6.61 Å². The van der Waals surface area contributed by atoms with Crippen molar-refractivity contribution in [1.82, 2.24) is 5.32 Å². The lowest BCUT2D eigenvalue weighted by Gasteiger charge is -2.26. The van der Waals surface area contributed by atoms with Crippen molar-refractivity contribution < 1.29 is 5.11 Å². The summed E-state index contributed by atoms with van der Waals surface area (Å²) in [6.45, 7) is 4.34. The zero-order valence-corrected chi connectivity index (χ0v) is 13.9. The van der Waals surface area contributed by atoms with Crippen molar-refractivity contribution in [3.05, 3.63) is 33.3 Å². The molecule has 0 aliphatic carbocycles. The molecule has 0 fully saturated rings. The van der Waals surface area contributed by atoms with Gasteiger partial charge in [0.15, 0.2) is 0 Å². The lowest BCUT2D eigenvalue weighted by atomic mass is 10.1. The Morgan fingerprint density at radius 2 is 2.11 bits per heavy atom. The van der Waals surface area contributed by atoms with Gasteiger partial charge in [-0.2, -0.15) is 11.8 Å². The molecule has 102 valence electrons. The van der Waals surface area contributed by atoms with Gasteiger partial charge in [0.1, 0.15) is 0 Å². The highest BCUT2D eigenvalue weighted by atomic mass is 79.9. The minimum Gasteiger partial charge on any atom is -0.395 e. The van der Waals surface area contributed by atoms with E-state index < -0.39 is 0 Å². The highest BCUT2D eigenvalue weighted by molar-refractivity contribution is 9.10. The van der Waals surface area contributed by atoms with Gasteiger partial charge >= 0.3 is 0 Å². The van der Waals surface area contributed by atoms with Gasteiger partial charge in [-0.15, -0.1) is 0 Å². The Morgan fingerprint density at radius 3 is 2.61 bits per heavy atom. The van der Waals surface area contributed by atoms with E-state index in [0.717, 1.165) is 15.1 Å². The zero-order chi connectivity index (χ0) is 13.7. The summed E-state index contributed by atoms with van der Waals surface area (Å²) in [6.07, 6.45) is 2.01. The van der Waals surface area contributed by atoms with Crippen molar-refractivity contribution in [2.75, 3.05) is 12.9 Å². The molecular weight excluding hydrogens is 334 g/mol. The van der Waals surface area contributed by atoms with Crippen LogP contribution in [0.5, 0.6) is 0 Å². The summed E-state index contributed by atoms with van der Waals surface area (Å²) in [6, 6.07) is 6.28. The molecule has 1 aromatic rings. The van der Waals surface area contributed by atoms with E-state index in [0.29, 0.717) is 0 Å². The van der Waals surface area contributed by atoms with Crippen LogP contribution in [0, 0.1) is 0 Å². The van der Waals surface area contributed by atoms with E-state index in [1.54, 1.807) is 11.8 Å². The van der Waals surface area contributed by atoms with Crippen molar-refractivity contribution >= 4 is 39.3 Å². The van der Waals surface area contributed by atoms with Crippen LogP contribution >= 0.6 is 39.3 Å². The van der Waals surface area contributed by atoms with Crippen molar-refractivity contribution in [1.29, 1.82) is 0 Å². The van der Waals surface area contributed by atoms with Crippen molar-refractivity contribution in [2.45, 2.75) is 31.2 Å². The summed E-state index contributed by atoms with van der Waals surface area (Å²) in [5.41, 5.74) is 1.07. The van der Waals surface area contributed by atoms with Crippen LogP contribution in [0.4, 0.5) is 0 Å². The molecule has 0 saturated carbocycles. The van der Waals surface area contributed by atoms with E-state index in [-0.39, 0.29) is 23.9 Å². The standard InChI is InChI=1S/C13H19BrClNOS/c1-8(16-9(2)13(7-17)18-3)11-5-4-10(14)6-12(11)15/h4-6,8-9,13,16-17H,7H2,1-3H3. The number of hydrogen-bond acceptors (Lipinski definition) is 3. The van der Waals surface area contributed by atoms with E-state index in [1.165, 1.54) is 0 Å². The van der Waals surface area contributed by atoms with Crippen LogP contribution in [-0.4, -0.2) is 29.3 Å². The van der Waals surface area contributed by atoms with Crippen molar-refractivity contribution in [3.63, 3.8) is 0 Å². The summed E-state index contributed by atoms with van der Waals surface area (Å²) >= 11 is 11.3. The lowest BCUT2D eigenvalue weighted by Crippen LogP contribution is -2.39. The van der Waals surface area contributed by atoms with E-state index in [2.05, 4.69) is 35.1 Å².